The van der Waals surface area contributed by atoms with Crippen molar-refractivity contribution in [2.45, 2.75) is 52.9 Å². The summed E-state index contributed by atoms with van der Waals surface area (Å²) in [5.41, 5.74) is 0.671. The van der Waals surface area contributed by atoms with Crippen molar-refractivity contribution >= 4 is 0 Å². The normalized spacial score (nSPS) is 22.4. The molecule has 0 saturated heterocycles. The topological polar surface area (TPSA) is 12.0 Å². The van der Waals surface area contributed by atoms with Crippen LogP contribution in [0.5, 0.6) is 0 Å². The van der Waals surface area contributed by atoms with E-state index in [-0.39, 0.29) is 0 Å². The van der Waals surface area contributed by atoms with Crippen molar-refractivity contribution in [3.8, 4) is 0 Å². The van der Waals surface area contributed by atoms with Crippen molar-refractivity contribution in [1.29, 1.82) is 0 Å². The van der Waals surface area contributed by atoms with Gasteiger partial charge in [0.25, 0.3) is 0 Å². The second kappa shape index (κ2) is 4.99. The molecule has 1 aliphatic rings. The van der Waals surface area contributed by atoms with Gasteiger partial charge in [0, 0.05) is 6.54 Å². The third-order valence-electron chi connectivity index (χ3n) is 3.91. The molecule has 13 heavy (non-hydrogen) atoms. The van der Waals surface area contributed by atoms with Gasteiger partial charge in [-0.15, -0.1) is 0 Å². The Morgan fingerprint density at radius 3 is 2.38 bits per heavy atom. The highest BCUT2D eigenvalue weighted by Crippen LogP contribution is 2.47. The SMILES string of the molecule is CCCNCC1(C(C)CC)CCC1. The van der Waals surface area contributed by atoms with E-state index in [2.05, 4.69) is 26.1 Å². The highest BCUT2D eigenvalue weighted by atomic mass is 14.9. The van der Waals surface area contributed by atoms with Crippen LogP contribution >= 0.6 is 0 Å². The van der Waals surface area contributed by atoms with Crippen molar-refractivity contribution in [3.63, 3.8) is 0 Å². The van der Waals surface area contributed by atoms with Crippen molar-refractivity contribution in [3.05, 3.63) is 0 Å². The predicted octanol–water partition coefficient (Wildman–Crippen LogP) is 3.20. The first-order valence-electron chi connectivity index (χ1n) is 5.96. The quantitative estimate of drug-likeness (QED) is 0.624. The average Bonchev–Trinajstić information content (AvgIpc) is 2.08. The first kappa shape index (κ1) is 11.0. The Morgan fingerprint density at radius 2 is 2.00 bits per heavy atom. The van der Waals surface area contributed by atoms with Gasteiger partial charge in [-0.2, -0.15) is 0 Å². The van der Waals surface area contributed by atoms with Crippen LogP contribution in [0.4, 0.5) is 0 Å². The summed E-state index contributed by atoms with van der Waals surface area (Å²) in [7, 11) is 0. The third-order valence-corrected chi connectivity index (χ3v) is 3.91. The van der Waals surface area contributed by atoms with Crippen LogP contribution in [0.25, 0.3) is 0 Å². The Labute approximate surface area is 83.3 Å². The maximum Gasteiger partial charge on any atom is 0.00104 e. The largest absolute Gasteiger partial charge is 0.316 e. The highest BCUT2D eigenvalue weighted by molar-refractivity contribution is 4.92. The fraction of sp³-hybridized carbons (Fsp3) is 1.00. The molecule has 0 amide bonds. The smallest absolute Gasteiger partial charge is 0.00104 e. The molecule has 0 aliphatic heterocycles. The molecule has 1 fully saturated rings. The van der Waals surface area contributed by atoms with E-state index in [1.165, 1.54) is 45.2 Å². The van der Waals surface area contributed by atoms with Gasteiger partial charge in [-0.3, -0.25) is 0 Å². The van der Waals surface area contributed by atoms with Crippen LogP contribution in [0.1, 0.15) is 52.9 Å². The molecule has 0 aromatic heterocycles. The number of rotatable bonds is 6. The van der Waals surface area contributed by atoms with Gasteiger partial charge >= 0.3 is 0 Å². The van der Waals surface area contributed by atoms with Gasteiger partial charge in [0.15, 0.2) is 0 Å². The van der Waals surface area contributed by atoms with E-state index in [0.29, 0.717) is 5.41 Å². The molecule has 0 bridgehead atoms. The van der Waals surface area contributed by atoms with E-state index in [9.17, 15) is 0 Å². The Bertz CT molecular complexity index is 138. The van der Waals surface area contributed by atoms with Crippen molar-refractivity contribution < 1.29 is 0 Å². The molecule has 1 atom stereocenters. The molecule has 78 valence electrons. The van der Waals surface area contributed by atoms with E-state index in [0.717, 1.165) is 5.92 Å². The molecule has 1 unspecified atom stereocenters. The van der Waals surface area contributed by atoms with E-state index < -0.39 is 0 Å². The van der Waals surface area contributed by atoms with E-state index in [1.807, 2.05) is 0 Å². The zero-order valence-corrected chi connectivity index (χ0v) is 9.53. The molecular weight excluding hydrogens is 158 g/mol. The van der Waals surface area contributed by atoms with Crippen LogP contribution in [-0.4, -0.2) is 13.1 Å². The van der Waals surface area contributed by atoms with Gasteiger partial charge in [-0.05, 0) is 37.1 Å². The fourth-order valence-corrected chi connectivity index (χ4v) is 2.42. The molecular formula is C12H25N. The van der Waals surface area contributed by atoms with Crippen LogP contribution in [0.2, 0.25) is 0 Å². The third kappa shape index (κ3) is 2.46. The number of hydrogen-bond donors (Lipinski definition) is 1. The molecule has 0 spiro atoms. The Morgan fingerprint density at radius 1 is 1.31 bits per heavy atom. The summed E-state index contributed by atoms with van der Waals surface area (Å²) in [6, 6.07) is 0. The molecule has 0 radical (unpaired) electrons. The summed E-state index contributed by atoms with van der Waals surface area (Å²) in [6.07, 6.45) is 6.97. The van der Waals surface area contributed by atoms with Gasteiger partial charge in [0.1, 0.15) is 0 Å². The summed E-state index contributed by atoms with van der Waals surface area (Å²) in [4.78, 5) is 0. The first-order chi connectivity index (χ1) is 6.25. The Kier molecular flexibility index (Phi) is 4.24. The minimum absolute atomic E-state index is 0.671. The van der Waals surface area contributed by atoms with Crippen LogP contribution in [-0.2, 0) is 0 Å². The molecule has 1 nitrogen and oxygen atoms in total. The Balaban J connectivity index is 2.31. The highest BCUT2D eigenvalue weighted by Gasteiger charge is 2.40. The summed E-state index contributed by atoms with van der Waals surface area (Å²) < 4.78 is 0. The lowest BCUT2D eigenvalue weighted by molar-refractivity contribution is 0.0561. The minimum atomic E-state index is 0.671. The standard InChI is InChI=1S/C12H25N/c1-4-9-13-10-12(7-6-8-12)11(3)5-2/h11,13H,4-10H2,1-3H3. The lowest BCUT2D eigenvalue weighted by Gasteiger charge is -2.47. The number of hydrogen-bond acceptors (Lipinski definition) is 1. The van der Waals surface area contributed by atoms with Gasteiger partial charge in [0.05, 0.1) is 0 Å². The summed E-state index contributed by atoms with van der Waals surface area (Å²) in [5, 5.41) is 3.59. The molecule has 1 saturated carbocycles. The molecule has 1 rings (SSSR count). The van der Waals surface area contributed by atoms with E-state index >= 15 is 0 Å². The molecule has 0 aromatic rings. The zero-order valence-electron chi connectivity index (χ0n) is 9.53. The molecule has 1 aliphatic carbocycles. The Hall–Kier alpha value is -0.0400. The molecule has 0 aromatic carbocycles. The minimum Gasteiger partial charge on any atom is -0.316 e. The summed E-state index contributed by atoms with van der Waals surface area (Å²) in [5.74, 6) is 0.908. The summed E-state index contributed by atoms with van der Waals surface area (Å²) >= 11 is 0. The van der Waals surface area contributed by atoms with Gasteiger partial charge < -0.3 is 5.32 Å². The fourth-order valence-electron chi connectivity index (χ4n) is 2.42. The second-order valence-corrected chi connectivity index (χ2v) is 4.70. The predicted molar refractivity (Wildman–Crippen MR) is 58.9 cm³/mol. The van der Waals surface area contributed by atoms with Gasteiger partial charge in [0.2, 0.25) is 0 Å². The van der Waals surface area contributed by atoms with Crippen molar-refractivity contribution in [2.24, 2.45) is 11.3 Å². The maximum atomic E-state index is 3.59. The average molecular weight is 183 g/mol. The second-order valence-electron chi connectivity index (χ2n) is 4.70. The van der Waals surface area contributed by atoms with E-state index in [4.69, 9.17) is 0 Å². The summed E-state index contributed by atoms with van der Waals surface area (Å²) in [6.45, 7) is 9.44. The van der Waals surface area contributed by atoms with Crippen LogP contribution in [0, 0.1) is 11.3 Å². The maximum absolute atomic E-state index is 3.59. The first-order valence-corrected chi connectivity index (χ1v) is 5.96. The lowest BCUT2D eigenvalue weighted by atomic mass is 9.61. The molecule has 0 heterocycles. The van der Waals surface area contributed by atoms with Crippen LogP contribution in [0.3, 0.4) is 0 Å². The molecule has 1 heteroatoms. The zero-order chi connectivity index (χ0) is 9.73. The van der Waals surface area contributed by atoms with Gasteiger partial charge in [-0.25, -0.2) is 0 Å². The molecule has 1 N–H and O–H groups in total. The van der Waals surface area contributed by atoms with E-state index in [1.54, 1.807) is 0 Å². The van der Waals surface area contributed by atoms with Crippen LogP contribution in [0.15, 0.2) is 0 Å². The van der Waals surface area contributed by atoms with Crippen molar-refractivity contribution in [2.75, 3.05) is 13.1 Å². The number of nitrogens with one attached hydrogen (secondary N) is 1. The van der Waals surface area contributed by atoms with Crippen LogP contribution < -0.4 is 5.32 Å². The van der Waals surface area contributed by atoms with Crippen molar-refractivity contribution in [1.82, 2.24) is 5.32 Å². The lowest BCUT2D eigenvalue weighted by Crippen LogP contribution is -2.44. The van der Waals surface area contributed by atoms with Gasteiger partial charge in [-0.1, -0.05) is 33.6 Å². The monoisotopic (exact) mass is 183 g/mol.